The fourth-order valence-electron chi connectivity index (χ4n) is 2.52. The first-order chi connectivity index (χ1) is 11.8. The maximum absolute atomic E-state index is 13.0. The SMILES string of the molecule is Nc1nn(Cc2ccc(Cl)cc2)c(-c2cccc(C(F)(F)F)c2)c1N. The fourth-order valence-corrected chi connectivity index (χ4v) is 2.64. The minimum Gasteiger partial charge on any atom is -0.394 e. The minimum absolute atomic E-state index is 0.0707. The van der Waals surface area contributed by atoms with Crippen molar-refractivity contribution in [3.05, 3.63) is 64.7 Å². The predicted octanol–water partition coefficient (Wildman–Crippen LogP) is 4.44. The van der Waals surface area contributed by atoms with E-state index in [1.807, 2.05) is 0 Å². The third-order valence-electron chi connectivity index (χ3n) is 3.73. The van der Waals surface area contributed by atoms with E-state index in [9.17, 15) is 13.2 Å². The quantitative estimate of drug-likeness (QED) is 0.720. The van der Waals surface area contributed by atoms with Crippen LogP contribution < -0.4 is 11.5 Å². The van der Waals surface area contributed by atoms with E-state index >= 15 is 0 Å². The summed E-state index contributed by atoms with van der Waals surface area (Å²) in [7, 11) is 0. The number of anilines is 2. The average Bonchev–Trinajstić information content (AvgIpc) is 2.83. The lowest BCUT2D eigenvalue weighted by Gasteiger charge is -2.11. The average molecular weight is 367 g/mol. The molecule has 4 N–H and O–H groups in total. The molecule has 0 radical (unpaired) electrons. The van der Waals surface area contributed by atoms with Crippen LogP contribution in [-0.4, -0.2) is 9.78 Å². The van der Waals surface area contributed by atoms with Crippen LogP contribution in [0.25, 0.3) is 11.3 Å². The fraction of sp³-hybridized carbons (Fsp3) is 0.118. The normalized spacial score (nSPS) is 11.7. The number of aromatic nitrogens is 2. The van der Waals surface area contributed by atoms with Crippen LogP contribution in [0.4, 0.5) is 24.7 Å². The molecule has 4 nitrogen and oxygen atoms in total. The van der Waals surface area contributed by atoms with Crippen molar-refractivity contribution >= 4 is 23.1 Å². The first kappa shape index (κ1) is 17.2. The van der Waals surface area contributed by atoms with Gasteiger partial charge in [-0.15, -0.1) is 0 Å². The smallest absolute Gasteiger partial charge is 0.394 e. The molecule has 25 heavy (non-hydrogen) atoms. The van der Waals surface area contributed by atoms with Crippen LogP contribution >= 0.6 is 11.6 Å². The maximum atomic E-state index is 13.0. The number of hydrogen-bond acceptors (Lipinski definition) is 3. The van der Waals surface area contributed by atoms with Crippen molar-refractivity contribution in [2.75, 3.05) is 11.5 Å². The molecule has 3 aromatic rings. The minimum atomic E-state index is -4.45. The Bertz CT molecular complexity index is 901. The van der Waals surface area contributed by atoms with E-state index in [1.165, 1.54) is 10.7 Å². The highest BCUT2D eigenvalue weighted by Gasteiger charge is 2.31. The van der Waals surface area contributed by atoms with Gasteiger partial charge >= 0.3 is 6.18 Å². The first-order valence-electron chi connectivity index (χ1n) is 7.29. The van der Waals surface area contributed by atoms with Gasteiger partial charge in [0, 0.05) is 10.6 Å². The number of rotatable bonds is 3. The van der Waals surface area contributed by atoms with E-state index < -0.39 is 11.7 Å². The van der Waals surface area contributed by atoms with Gasteiger partial charge in [-0.3, -0.25) is 4.68 Å². The van der Waals surface area contributed by atoms with E-state index in [1.54, 1.807) is 30.3 Å². The Balaban J connectivity index is 2.06. The molecule has 2 aromatic carbocycles. The van der Waals surface area contributed by atoms with Gasteiger partial charge in [0.1, 0.15) is 5.69 Å². The third-order valence-corrected chi connectivity index (χ3v) is 3.98. The number of benzene rings is 2. The summed E-state index contributed by atoms with van der Waals surface area (Å²) in [6.45, 7) is 0.296. The highest BCUT2D eigenvalue weighted by atomic mass is 35.5. The molecule has 0 bridgehead atoms. The van der Waals surface area contributed by atoms with Crippen LogP contribution in [0.3, 0.4) is 0 Å². The van der Waals surface area contributed by atoms with E-state index in [-0.39, 0.29) is 11.5 Å². The third kappa shape index (κ3) is 3.56. The van der Waals surface area contributed by atoms with Crippen LogP contribution in [0.1, 0.15) is 11.1 Å². The van der Waals surface area contributed by atoms with E-state index in [4.69, 9.17) is 23.1 Å². The zero-order chi connectivity index (χ0) is 18.2. The summed E-state index contributed by atoms with van der Waals surface area (Å²) < 4.78 is 40.4. The van der Waals surface area contributed by atoms with Gasteiger partial charge in [-0.2, -0.15) is 18.3 Å². The molecule has 0 aliphatic heterocycles. The van der Waals surface area contributed by atoms with Crippen LogP contribution in [0, 0.1) is 0 Å². The molecular formula is C17H14ClF3N4. The van der Waals surface area contributed by atoms with Gasteiger partial charge in [-0.25, -0.2) is 0 Å². The van der Waals surface area contributed by atoms with E-state index in [0.29, 0.717) is 22.8 Å². The molecule has 1 aromatic heterocycles. The van der Waals surface area contributed by atoms with Gasteiger partial charge in [-0.1, -0.05) is 35.9 Å². The number of alkyl halides is 3. The topological polar surface area (TPSA) is 69.9 Å². The monoisotopic (exact) mass is 366 g/mol. The molecule has 0 fully saturated rings. The maximum Gasteiger partial charge on any atom is 0.416 e. The predicted molar refractivity (Wildman–Crippen MR) is 92.0 cm³/mol. The zero-order valence-corrected chi connectivity index (χ0v) is 13.6. The number of hydrogen-bond donors (Lipinski definition) is 2. The molecular weight excluding hydrogens is 353 g/mol. The van der Waals surface area contributed by atoms with Gasteiger partial charge in [-0.05, 0) is 29.8 Å². The summed E-state index contributed by atoms with van der Waals surface area (Å²) in [5.41, 5.74) is 12.6. The molecule has 0 spiro atoms. The summed E-state index contributed by atoms with van der Waals surface area (Å²) in [6.07, 6.45) is -4.45. The van der Waals surface area contributed by atoms with Gasteiger partial charge in [0.15, 0.2) is 5.82 Å². The van der Waals surface area contributed by atoms with Gasteiger partial charge < -0.3 is 11.5 Å². The summed E-state index contributed by atoms with van der Waals surface area (Å²) in [5.74, 6) is 0.0707. The zero-order valence-electron chi connectivity index (χ0n) is 12.9. The number of nitrogens with zero attached hydrogens (tertiary/aromatic N) is 2. The molecule has 0 saturated heterocycles. The first-order valence-corrected chi connectivity index (χ1v) is 7.67. The number of nitrogen functional groups attached to an aromatic ring is 2. The largest absolute Gasteiger partial charge is 0.416 e. The molecule has 0 aliphatic rings. The van der Waals surface area contributed by atoms with Crippen molar-refractivity contribution in [1.29, 1.82) is 0 Å². The Labute approximate surface area is 146 Å². The van der Waals surface area contributed by atoms with Crippen LogP contribution in [0.15, 0.2) is 48.5 Å². The molecule has 130 valence electrons. The van der Waals surface area contributed by atoms with Gasteiger partial charge in [0.2, 0.25) is 0 Å². The van der Waals surface area contributed by atoms with Gasteiger partial charge in [0.25, 0.3) is 0 Å². The van der Waals surface area contributed by atoms with Gasteiger partial charge in [0.05, 0.1) is 17.8 Å². The molecule has 0 aliphatic carbocycles. The number of nitrogens with two attached hydrogens (primary N) is 2. The Morgan fingerprint density at radius 1 is 1.04 bits per heavy atom. The molecule has 3 rings (SSSR count). The molecule has 8 heteroatoms. The van der Waals surface area contributed by atoms with Crippen LogP contribution in [0.2, 0.25) is 5.02 Å². The Kier molecular flexibility index (Phi) is 4.34. The lowest BCUT2D eigenvalue weighted by Crippen LogP contribution is -2.07. The van der Waals surface area contributed by atoms with E-state index in [2.05, 4.69) is 5.10 Å². The standard InChI is InChI=1S/C17H14ClF3N4/c18-13-6-4-10(5-7-13)9-25-15(14(22)16(23)24-25)11-2-1-3-12(8-11)17(19,20)21/h1-8H,9,22H2,(H2,23,24). The number of halogens is 4. The molecule has 0 saturated carbocycles. The Hall–Kier alpha value is -2.67. The van der Waals surface area contributed by atoms with Crippen LogP contribution in [0.5, 0.6) is 0 Å². The molecule has 0 unspecified atom stereocenters. The highest BCUT2D eigenvalue weighted by Crippen LogP contribution is 2.35. The van der Waals surface area contributed by atoms with Crippen molar-refractivity contribution in [2.45, 2.75) is 12.7 Å². The summed E-state index contributed by atoms with van der Waals surface area (Å²) in [4.78, 5) is 0. The van der Waals surface area contributed by atoms with Crippen molar-refractivity contribution in [3.63, 3.8) is 0 Å². The van der Waals surface area contributed by atoms with Crippen LogP contribution in [-0.2, 0) is 12.7 Å². The second-order valence-corrected chi connectivity index (χ2v) is 5.95. The molecule has 0 atom stereocenters. The Morgan fingerprint density at radius 2 is 1.72 bits per heavy atom. The second-order valence-electron chi connectivity index (χ2n) is 5.51. The van der Waals surface area contributed by atoms with E-state index in [0.717, 1.165) is 17.7 Å². The summed E-state index contributed by atoms with van der Waals surface area (Å²) in [6, 6.07) is 11.9. The van der Waals surface area contributed by atoms with Crippen molar-refractivity contribution in [2.24, 2.45) is 0 Å². The highest BCUT2D eigenvalue weighted by molar-refractivity contribution is 6.30. The Morgan fingerprint density at radius 3 is 2.36 bits per heavy atom. The van der Waals surface area contributed by atoms with Crippen molar-refractivity contribution < 1.29 is 13.2 Å². The second kappa shape index (κ2) is 6.33. The van der Waals surface area contributed by atoms with Crippen molar-refractivity contribution in [1.82, 2.24) is 9.78 Å². The van der Waals surface area contributed by atoms with Crippen molar-refractivity contribution in [3.8, 4) is 11.3 Å². The lowest BCUT2D eigenvalue weighted by molar-refractivity contribution is -0.137. The summed E-state index contributed by atoms with van der Waals surface area (Å²) >= 11 is 5.86. The molecule has 0 amide bonds. The lowest BCUT2D eigenvalue weighted by atomic mass is 10.1. The summed E-state index contributed by atoms with van der Waals surface area (Å²) in [5, 5.41) is 4.74. The molecule has 1 heterocycles.